The van der Waals surface area contributed by atoms with Gasteiger partial charge in [0.15, 0.2) is 0 Å². The Balaban J connectivity index is 1.08. The van der Waals surface area contributed by atoms with Crippen LogP contribution in [0.3, 0.4) is 0 Å². The average Bonchev–Trinajstić information content (AvgIpc) is 3.29. The molecule has 11 aromatic rings. The molecule has 1 heteroatoms. The van der Waals surface area contributed by atoms with Crippen molar-refractivity contribution in [2.75, 3.05) is 4.90 Å². The summed E-state index contributed by atoms with van der Waals surface area (Å²) in [5.41, 5.74) is 10.6. The van der Waals surface area contributed by atoms with Gasteiger partial charge in [0.2, 0.25) is 0 Å². The van der Waals surface area contributed by atoms with Crippen molar-refractivity contribution in [1.82, 2.24) is 0 Å². The molecule has 11 aromatic carbocycles. The molecule has 266 valence electrons. The van der Waals surface area contributed by atoms with Gasteiger partial charge in [0, 0.05) is 16.8 Å². The predicted molar refractivity (Wildman–Crippen MR) is 245 cm³/mol. The van der Waals surface area contributed by atoms with Crippen molar-refractivity contribution in [3.63, 3.8) is 0 Å². The highest BCUT2D eigenvalue weighted by molar-refractivity contribution is 6.21. The highest BCUT2D eigenvalue weighted by Gasteiger charge is 2.19. The van der Waals surface area contributed by atoms with E-state index >= 15 is 0 Å². The Hall–Kier alpha value is -7.48. The van der Waals surface area contributed by atoms with E-state index in [2.05, 4.69) is 229 Å². The van der Waals surface area contributed by atoms with Crippen molar-refractivity contribution in [2.45, 2.75) is 0 Å². The zero-order valence-electron chi connectivity index (χ0n) is 31.3. The molecule has 11 rings (SSSR count). The van der Waals surface area contributed by atoms with E-state index in [-0.39, 0.29) is 0 Å². The zero-order chi connectivity index (χ0) is 37.7. The SMILES string of the molecule is c1ccc(-c2ccc(N(c3ccc(-c4cc5c6ccccc6ccc5c5ccccc45)cc3)c3ccc(-c4ccc5ccccc5c4)c4ccccc34)cc2)cc1. The summed E-state index contributed by atoms with van der Waals surface area (Å²) < 4.78 is 0. The molecule has 57 heavy (non-hydrogen) atoms. The third kappa shape index (κ3) is 5.72. The molecule has 0 aromatic heterocycles. The van der Waals surface area contributed by atoms with Gasteiger partial charge in [-0.05, 0) is 124 Å². The molecule has 0 saturated heterocycles. The number of anilines is 3. The lowest BCUT2D eigenvalue weighted by Crippen LogP contribution is -2.10. The first kappa shape index (κ1) is 32.9. The van der Waals surface area contributed by atoms with Gasteiger partial charge in [-0.3, -0.25) is 0 Å². The normalized spacial score (nSPS) is 11.5. The van der Waals surface area contributed by atoms with Gasteiger partial charge in [-0.1, -0.05) is 182 Å². The Labute approximate surface area is 332 Å². The molecular formula is C56H37N. The second-order valence-corrected chi connectivity index (χ2v) is 14.9. The van der Waals surface area contributed by atoms with Crippen LogP contribution >= 0.6 is 0 Å². The second-order valence-electron chi connectivity index (χ2n) is 14.9. The number of rotatable bonds is 6. The predicted octanol–water partition coefficient (Wildman–Crippen LogP) is 15.9. The quantitative estimate of drug-likeness (QED) is 0.154. The molecular weight excluding hydrogens is 687 g/mol. The van der Waals surface area contributed by atoms with E-state index in [0.29, 0.717) is 0 Å². The largest absolute Gasteiger partial charge is 0.310 e. The maximum atomic E-state index is 2.41. The van der Waals surface area contributed by atoms with Crippen molar-refractivity contribution in [3.8, 4) is 33.4 Å². The molecule has 0 unspecified atom stereocenters. The summed E-state index contributed by atoms with van der Waals surface area (Å²) in [7, 11) is 0. The Kier molecular flexibility index (Phi) is 7.89. The van der Waals surface area contributed by atoms with Crippen molar-refractivity contribution in [2.24, 2.45) is 0 Å². The maximum Gasteiger partial charge on any atom is 0.0540 e. The van der Waals surface area contributed by atoms with Crippen LogP contribution in [0.4, 0.5) is 17.1 Å². The van der Waals surface area contributed by atoms with E-state index in [4.69, 9.17) is 0 Å². The van der Waals surface area contributed by atoms with Crippen LogP contribution in [-0.4, -0.2) is 0 Å². The smallest absolute Gasteiger partial charge is 0.0540 e. The highest BCUT2D eigenvalue weighted by atomic mass is 15.1. The van der Waals surface area contributed by atoms with E-state index in [1.807, 2.05) is 0 Å². The van der Waals surface area contributed by atoms with Gasteiger partial charge in [0.25, 0.3) is 0 Å². The molecule has 0 atom stereocenters. The fraction of sp³-hybridized carbons (Fsp3) is 0. The number of hydrogen-bond acceptors (Lipinski definition) is 1. The molecule has 0 bridgehead atoms. The summed E-state index contributed by atoms with van der Waals surface area (Å²) in [6.45, 7) is 0. The summed E-state index contributed by atoms with van der Waals surface area (Å²) >= 11 is 0. The van der Waals surface area contributed by atoms with Crippen molar-refractivity contribution >= 4 is 70.9 Å². The molecule has 0 fully saturated rings. The van der Waals surface area contributed by atoms with E-state index in [9.17, 15) is 0 Å². The molecule has 0 radical (unpaired) electrons. The van der Waals surface area contributed by atoms with E-state index < -0.39 is 0 Å². The Morgan fingerprint density at radius 2 is 0.737 bits per heavy atom. The molecule has 0 aliphatic heterocycles. The lowest BCUT2D eigenvalue weighted by atomic mass is 9.91. The van der Waals surface area contributed by atoms with Crippen molar-refractivity contribution in [1.29, 1.82) is 0 Å². The number of nitrogens with zero attached hydrogens (tertiary/aromatic N) is 1. The minimum absolute atomic E-state index is 1.10. The number of benzene rings is 11. The summed E-state index contributed by atoms with van der Waals surface area (Å²) in [6.07, 6.45) is 0. The van der Waals surface area contributed by atoms with Crippen LogP contribution < -0.4 is 4.90 Å². The van der Waals surface area contributed by atoms with Gasteiger partial charge in [-0.25, -0.2) is 0 Å². The molecule has 0 spiro atoms. The molecule has 0 aliphatic carbocycles. The zero-order valence-corrected chi connectivity index (χ0v) is 31.3. The first-order chi connectivity index (χ1) is 28.3. The highest BCUT2D eigenvalue weighted by Crippen LogP contribution is 2.44. The third-order valence-electron chi connectivity index (χ3n) is 11.6. The molecule has 0 aliphatic rings. The van der Waals surface area contributed by atoms with Gasteiger partial charge < -0.3 is 4.90 Å². The minimum atomic E-state index is 1.10. The maximum absolute atomic E-state index is 2.41. The van der Waals surface area contributed by atoms with Crippen molar-refractivity contribution in [3.05, 3.63) is 224 Å². The third-order valence-corrected chi connectivity index (χ3v) is 11.6. The summed E-state index contributed by atoms with van der Waals surface area (Å²) in [4.78, 5) is 2.41. The summed E-state index contributed by atoms with van der Waals surface area (Å²) in [5, 5.41) is 12.6. The summed E-state index contributed by atoms with van der Waals surface area (Å²) in [6, 6.07) is 82.1. The van der Waals surface area contributed by atoms with Gasteiger partial charge in [0.1, 0.15) is 0 Å². The first-order valence-electron chi connectivity index (χ1n) is 19.7. The Bertz CT molecular complexity index is 3270. The van der Waals surface area contributed by atoms with E-state index in [1.165, 1.54) is 87.2 Å². The standard InChI is InChI=1S/C56H37N/c1-2-12-38(13-3-1)40-24-29-45(30-25-40)57(56-35-34-48(49-18-10-11-21-53(49)56)44-23-22-39-14-4-5-16-43(39)36-44)46-31-26-42(27-32-46)54-37-55-47-17-7-6-15-41(47)28-33-52(55)50-19-8-9-20-51(50)54/h1-37H. The molecule has 0 saturated carbocycles. The van der Waals surface area contributed by atoms with Crippen LogP contribution in [-0.2, 0) is 0 Å². The van der Waals surface area contributed by atoms with Gasteiger partial charge in [0.05, 0.1) is 5.69 Å². The van der Waals surface area contributed by atoms with Crippen LogP contribution in [0.15, 0.2) is 224 Å². The Morgan fingerprint density at radius 1 is 0.228 bits per heavy atom. The number of fused-ring (bicyclic) bond motifs is 7. The second kappa shape index (κ2) is 13.7. The van der Waals surface area contributed by atoms with E-state index in [1.54, 1.807) is 0 Å². The van der Waals surface area contributed by atoms with Crippen LogP contribution in [0, 0.1) is 0 Å². The number of hydrogen-bond donors (Lipinski definition) is 0. The molecule has 0 heterocycles. The fourth-order valence-corrected chi connectivity index (χ4v) is 8.84. The fourth-order valence-electron chi connectivity index (χ4n) is 8.84. The molecule has 0 N–H and O–H groups in total. The first-order valence-corrected chi connectivity index (χ1v) is 19.7. The van der Waals surface area contributed by atoms with Crippen LogP contribution in [0.2, 0.25) is 0 Å². The average molecular weight is 724 g/mol. The lowest BCUT2D eigenvalue weighted by molar-refractivity contribution is 1.30. The molecule has 0 amide bonds. The monoisotopic (exact) mass is 723 g/mol. The van der Waals surface area contributed by atoms with E-state index in [0.717, 1.165) is 17.1 Å². The Morgan fingerprint density at radius 3 is 1.47 bits per heavy atom. The summed E-state index contributed by atoms with van der Waals surface area (Å²) in [5.74, 6) is 0. The van der Waals surface area contributed by atoms with Crippen LogP contribution in [0.5, 0.6) is 0 Å². The molecule has 1 nitrogen and oxygen atoms in total. The lowest BCUT2D eigenvalue weighted by Gasteiger charge is -2.28. The van der Waals surface area contributed by atoms with Crippen LogP contribution in [0.25, 0.3) is 87.2 Å². The van der Waals surface area contributed by atoms with Crippen molar-refractivity contribution < 1.29 is 0 Å². The van der Waals surface area contributed by atoms with Gasteiger partial charge in [-0.15, -0.1) is 0 Å². The minimum Gasteiger partial charge on any atom is -0.310 e. The van der Waals surface area contributed by atoms with Gasteiger partial charge in [-0.2, -0.15) is 0 Å². The van der Waals surface area contributed by atoms with Gasteiger partial charge >= 0.3 is 0 Å². The van der Waals surface area contributed by atoms with Crippen LogP contribution in [0.1, 0.15) is 0 Å². The topological polar surface area (TPSA) is 3.24 Å².